The number of nitrogens with one attached hydrogen (secondary N) is 1. The van der Waals surface area contributed by atoms with Crippen LogP contribution in [0.2, 0.25) is 0 Å². The summed E-state index contributed by atoms with van der Waals surface area (Å²) in [5.41, 5.74) is 1.13. The van der Waals surface area contributed by atoms with Gasteiger partial charge in [-0.2, -0.15) is 0 Å². The standard InChI is InChI=1S/C14H17FIN/c1-3-5-6-14(17-9-4-2)12-8-7-11(15)10-13(12)16/h1,7-8,10,14,17H,4-6,9H2,2H3. The number of halogens is 2. The Labute approximate surface area is 116 Å². The van der Waals surface area contributed by atoms with Gasteiger partial charge in [-0.15, -0.1) is 12.3 Å². The summed E-state index contributed by atoms with van der Waals surface area (Å²) in [6.07, 6.45) is 8.00. The molecule has 0 fully saturated rings. The molecule has 0 heterocycles. The zero-order chi connectivity index (χ0) is 12.7. The SMILES string of the molecule is C#CCCC(NCCC)c1ccc(F)cc1I. The van der Waals surface area contributed by atoms with Gasteiger partial charge in [0, 0.05) is 16.0 Å². The van der Waals surface area contributed by atoms with E-state index in [-0.39, 0.29) is 11.9 Å². The molecule has 1 atom stereocenters. The van der Waals surface area contributed by atoms with Gasteiger partial charge in [-0.1, -0.05) is 13.0 Å². The summed E-state index contributed by atoms with van der Waals surface area (Å²) in [6.45, 7) is 3.07. The van der Waals surface area contributed by atoms with Crippen LogP contribution in [0.4, 0.5) is 4.39 Å². The summed E-state index contributed by atoms with van der Waals surface area (Å²) in [6, 6.07) is 5.14. The summed E-state index contributed by atoms with van der Waals surface area (Å²) >= 11 is 2.17. The van der Waals surface area contributed by atoms with Gasteiger partial charge < -0.3 is 5.32 Å². The predicted octanol–water partition coefficient (Wildman–Crippen LogP) is 3.88. The molecule has 0 aromatic heterocycles. The fraction of sp³-hybridized carbons (Fsp3) is 0.429. The first kappa shape index (κ1) is 14.5. The lowest BCUT2D eigenvalue weighted by atomic mass is 10.0. The lowest BCUT2D eigenvalue weighted by Crippen LogP contribution is -2.23. The van der Waals surface area contributed by atoms with Gasteiger partial charge in [-0.25, -0.2) is 4.39 Å². The minimum atomic E-state index is -0.190. The van der Waals surface area contributed by atoms with Crippen molar-refractivity contribution in [1.82, 2.24) is 5.32 Å². The third kappa shape index (κ3) is 4.64. The van der Waals surface area contributed by atoms with E-state index in [1.54, 1.807) is 6.07 Å². The summed E-state index contributed by atoms with van der Waals surface area (Å²) in [5, 5.41) is 3.46. The van der Waals surface area contributed by atoms with Crippen molar-refractivity contribution in [2.45, 2.75) is 32.2 Å². The fourth-order valence-electron chi connectivity index (χ4n) is 1.70. The molecule has 1 unspecified atom stereocenters. The minimum Gasteiger partial charge on any atom is -0.310 e. The fourth-order valence-corrected chi connectivity index (χ4v) is 2.55. The highest BCUT2D eigenvalue weighted by atomic mass is 127. The Morgan fingerprint density at radius 2 is 2.29 bits per heavy atom. The average Bonchev–Trinajstić information content (AvgIpc) is 2.30. The van der Waals surface area contributed by atoms with Crippen LogP contribution in [0.3, 0.4) is 0 Å². The maximum absolute atomic E-state index is 13.1. The summed E-state index contributed by atoms with van der Waals surface area (Å²) in [7, 11) is 0. The number of rotatable bonds is 6. The molecule has 0 aliphatic rings. The highest BCUT2D eigenvalue weighted by molar-refractivity contribution is 14.1. The first-order valence-electron chi connectivity index (χ1n) is 5.80. The zero-order valence-electron chi connectivity index (χ0n) is 9.97. The van der Waals surface area contributed by atoms with E-state index in [9.17, 15) is 4.39 Å². The van der Waals surface area contributed by atoms with E-state index in [1.165, 1.54) is 6.07 Å². The van der Waals surface area contributed by atoms with Gasteiger partial charge in [0.15, 0.2) is 0 Å². The summed E-state index contributed by atoms with van der Waals surface area (Å²) in [4.78, 5) is 0. The van der Waals surface area contributed by atoms with Crippen LogP contribution < -0.4 is 5.32 Å². The first-order valence-corrected chi connectivity index (χ1v) is 6.88. The van der Waals surface area contributed by atoms with Crippen LogP contribution in [0.5, 0.6) is 0 Å². The lowest BCUT2D eigenvalue weighted by Gasteiger charge is -2.19. The molecule has 1 aromatic carbocycles. The van der Waals surface area contributed by atoms with E-state index in [1.807, 2.05) is 6.07 Å². The van der Waals surface area contributed by atoms with E-state index in [0.29, 0.717) is 0 Å². The highest BCUT2D eigenvalue weighted by Crippen LogP contribution is 2.24. The van der Waals surface area contributed by atoms with Crippen LogP contribution >= 0.6 is 22.6 Å². The zero-order valence-corrected chi connectivity index (χ0v) is 12.1. The maximum atomic E-state index is 13.1. The normalized spacial score (nSPS) is 12.1. The van der Waals surface area contributed by atoms with Crippen molar-refractivity contribution in [2.24, 2.45) is 0 Å². The van der Waals surface area contributed by atoms with Crippen LogP contribution in [0, 0.1) is 21.7 Å². The van der Waals surface area contributed by atoms with Crippen molar-refractivity contribution in [3.05, 3.63) is 33.1 Å². The molecular formula is C14H17FIN. The quantitative estimate of drug-likeness (QED) is 0.609. The summed E-state index contributed by atoms with van der Waals surface area (Å²) in [5.74, 6) is 2.47. The molecule has 0 saturated carbocycles. The third-order valence-electron chi connectivity index (χ3n) is 2.56. The Morgan fingerprint density at radius 1 is 1.53 bits per heavy atom. The van der Waals surface area contributed by atoms with Crippen molar-refractivity contribution in [3.63, 3.8) is 0 Å². The second-order valence-corrected chi connectivity index (χ2v) is 5.08. The van der Waals surface area contributed by atoms with Crippen molar-refractivity contribution >= 4 is 22.6 Å². The Balaban J connectivity index is 2.83. The molecule has 0 saturated heterocycles. The van der Waals surface area contributed by atoms with Crippen molar-refractivity contribution in [3.8, 4) is 12.3 Å². The molecule has 0 radical (unpaired) electrons. The van der Waals surface area contributed by atoms with E-state index in [0.717, 1.165) is 34.9 Å². The summed E-state index contributed by atoms with van der Waals surface area (Å²) < 4.78 is 14.0. The Hall–Kier alpha value is -0.600. The maximum Gasteiger partial charge on any atom is 0.124 e. The second kappa shape index (κ2) is 7.67. The first-order chi connectivity index (χ1) is 8.19. The second-order valence-electron chi connectivity index (χ2n) is 3.92. The predicted molar refractivity (Wildman–Crippen MR) is 78.2 cm³/mol. The molecule has 92 valence electrons. The molecule has 17 heavy (non-hydrogen) atoms. The van der Waals surface area contributed by atoms with Gasteiger partial charge in [0.25, 0.3) is 0 Å². The van der Waals surface area contributed by atoms with Crippen LogP contribution in [-0.4, -0.2) is 6.54 Å². The van der Waals surface area contributed by atoms with Crippen LogP contribution in [-0.2, 0) is 0 Å². The van der Waals surface area contributed by atoms with Crippen LogP contribution in [0.1, 0.15) is 37.8 Å². The highest BCUT2D eigenvalue weighted by Gasteiger charge is 2.13. The van der Waals surface area contributed by atoms with E-state index < -0.39 is 0 Å². The lowest BCUT2D eigenvalue weighted by molar-refractivity contribution is 0.502. The molecule has 0 aliphatic heterocycles. The molecule has 0 spiro atoms. The van der Waals surface area contributed by atoms with Crippen molar-refractivity contribution in [2.75, 3.05) is 6.54 Å². The van der Waals surface area contributed by atoms with Gasteiger partial charge in [0.2, 0.25) is 0 Å². The number of hydrogen-bond donors (Lipinski definition) is 1. The van der Waals surface area contributed by atoms with Crippen LogP contribution in [0.15, 0.2) is 18.2 Å². The van der Waals surface area contributed by atoms with Crippen molar-refractivity contribution in [1.29, 1.82) is 0 Å². The molecular weight excluding hydrogens is 328 g/mol. The average molecular weight is 345 g/mol. The van der Waals surface area contributed by atoms with E-state index >= 15 is 0 Å². The number of benzene rings is 1. The van der Waals surface area contributed by atoms with Gasteiger partial charge in [0.05, 0.1) is 0 Å². The molecule has 0 aliphatic carbocycles. The minimum absolute atomic E-state index is 0.190. The number of terminal acetylenes is 1. The van der Waals surface area contributed by atoms with Gasteiger partial charge in [-0.3, -0.25) is 0 Å². The van der Waals surface area contributed by atoms with Gasteiger partial charge in [-0.05, 0) is 59.7 Å². The third-order valence-corrected chi connectivity index (χ3v) is 3.49. The molecule has 1 rings (SSSR count). The molecule has 1 nitrogen and oxygen atoms in total. The molecule has 0 amide bonds. The Morgan fingerprint density at radius 3 is 2.88 bits per heavy atom. The molecule has 1 N–H and O–H groups in total. The van der Waals surface area contributed by atoms with Crippen LogP contribution in [0.25, 0.3) is 0 Å². The van der Waals surface area contributed by atoms with E-state index in [4.69, 9.17) is 6.42 Å². The Kier molecular flexibility index (Phi) is 6.53. The van der Waals surface area contributed by atoms with Gasteiger partial charge in [0.1, 0.15) is 5.82 Å². The van der Waals surface area contributed by atoms with Gasteiger partial charge >= 0.3 is 0 Å². The van der Waals surface area contributed by atoms with Crippen molar-refractivity contribution < 1.29 is 4.39 Å². The monoisotopic (exact) mass is 345 g/mol. The smallest absolute Gasteiger partial charge is 0.124 e. The number of hydrogen-bond acceptors (Lipinski definition) is 1. The topological polar surface area (TPSA) is 12.0 Å². The molecule has 1 aromatic rings. The molecule has 3 heteroatoms. The van der Waals surface area contributed by atoms with E-state index in [2.05, 4.69) is 40.8 Å². The Bertz CT molecular complexity index is 398. The largest absolute Gasteiger partial charge is 0.310 e. The molecule has 0 bridgehead atoms.